The number of rotatable bonds is 3. The minimum absolute atomic E-state index is 0.301. The normalized spacial score (nSPS) is 15.3. The zero-order valence-corrected chi connectivity index (χ0v) is 13.1. The Balaban J connectivity index is 1.80. The van der Waals surface area contributed by atoms with Gasteiger partial charge in [-0.05, 0) is 18.2 Å². The van der Waals surface area contributed by atoms with E-state index in [2.05, 4.69) is 5.43 Å². The lowest BCUT2D eigenvalue weighted by Crippen LogP contribution is -2.37. The maximum Gasteiger partial charge on any atom is 0.273 e. The lowest BCUT2D eigenvalue weighted by Gasteiger charge is -2.28. The molecular formula is C16H15ClN4O2. The monoisotopic (exact) mass is 330 g/mol. The van der Waals surface area contributed by atoms with Crippen LogP contribution in [0.15, 0.2) is 60.9 Å². The summed E-state index contributed by atoms with van der Waals surface area (Å²) in [4.78, 5) is 14.4. The number of hydrogen-bond acceptors (Lipinski definition) is 5. The van der Waals surface area contributed by atoms with Crippen LogP contribution in [0, 0.1) is 0 Å². The number of benzene rings is 1. The van der Waals surface area contributed by atoms with Crippen molar-refractivity contribution in [3.8, 4) is 5.75 Å². The Hall–Kier alpha value is -2.86. The maximum absolute atomic E-state index is 12.5. The molecule has 1 aromatic carbocycles. The molecule has 3 rings (SSSR count). The number of nitrogens with zero attached hydrogens (tertiary/aromatic N) is 2. The lowest BCUT2D eigenvalue weighted by molar-refractivity contribution is 0.0879. The molecule has 23 heavy (non-hydrogen) atoms. The van der Waals surface area contributed by atoms with Gasteiger partial charge in [0.25, 0.3) is 5.91 Å². The fourth-order valence-corrected chi connectivity index (χ4v) is 2.37. The Morgan fingerprint density at radius 3 is 2.87 bits per heavy atom. The number of hydrogen-bond donors (Lipinski definition) is 2. The van der Waals surface area contributed by atoms with E-state index in [0.29, 0.717) is 22.0 Å². The molecule has 3 N–H and O–H groups in total. The van der Waals surface area contributed by atoms with Gasteiger partial charge in [-0.3, -0.25) is 15.2 Å². The number of hydrazine groups is 1. The second kappa shape index (κ2) is 6.10. The van der Waals surface area contributed by atoms with Crippen molar-refractivity contribution in [2.75, 3.05) is 12.8 Å². The van der Waals surface area contributed by atoms with Crippen molar-refractivity contribution in [3.63, 3.8) is 0 Å². The summed E-state index contributed by atoms with van der Waals surface area (Å²) in [5.41, 5.74) is 10.1. The number of methoxy groups -OCH3 is 1. The van der Waals surface area contributed by atoms with E-state index in [1.807, 2.05) is 35.5 Å². The van der Waals surface area contributed by atoms with Crippen molar-refractivity contribution in [2.24, 2.45) is 0 Å². The van der Waals surface area contributed by atoms with Gasteiger partial charge in [-0.15, -0.1) is 0 Å². The molecule has 118 valence electrons. The van der Waals surface area contributed by atoms with E-state index >= 15 is 0 Å². The summed E-state index contributed by atoms with van der Waals surface area (Å²) in [7, 11) is 1.47. The van der Waals surface area contributed by atoms with E-state index in [0.717, 1.165) is 5.70 Å². The predicted octanol–water partition coefficient (Wildman–Crippen LogP) is 2.59. The van der Waals surface area contributed by atoms with Gasteiger partial charge >= 0.3 is 0 Å². The number of allylic oxidation sites excluding steroid dienone is 3. The molecule has 0 spiro atoms. The van der Waals surface area contributed by atoms with Crippen molar-refractivity contribution >= 4 is 23.2 Å². The zero-order chi connectivity index (χ0) is 16.4. The van der Waals surface area contributed by atoms with Crippen LogP contribution in [0.1, 0.15) is 10.4 Å². The third-order valence-corrected chi connectivity index (χ3v) is 3.70. The molecule has 1 amide bonds. The number of amides is 1. The molecule has 2 aliphatic heterocycles. The summed E-state index contributed by atoms with van der Waals surface area (Å²) in [6.45, 7) is 0. The summed E-state index contributed by atoms with van der Waals surface area (Å²) in [5, 5.41) is 1.87. The van der Waals surface area contributed by atoms with E-state index in [1.165, 1.54) is 19.2 Å². The van der Waals surface area contributed by atoms with Crippen molar-refractivity contribution in [1.29, 1.82) is 0 Å². The SMILES string of the molecule is COc1cc(N)c(Cl)cc1C(=O)NN1C=CN2C=CC=CC2=C1. The first-order chi connectivity index (χ1) is 11.1. The Morgan fingerprint density at radius 2 is 2.09 bits per heavy atom. The molecule has 6 nitrogen and oxygen atoms in total. The minimum atomic E-state index is -0.353. The van der Waals surface area contributed by atoms with Gasteiger partial charge < -0.3 is 15.4 Å². The average molecular weight is 331 g/mol. The first-order valence-electron chi connectivity index (χ1n) is 6.84. The van der Waals surface area contributed by atoms with E-state index in [9.17, 15) is 4.79 Å². The van der Waals surface area contributed by atoms with E-state index in [1.54, 1.807) is 17.4 Å². The molecule has 0 unspecified atom stereocenters. The molecule has 7 heteroatoms. The quantitative estimate of drug-likeness (QED) is 0.834. The summed E-state index contributed by atoms with van der Waals surface area (Å²) < 4.78 is 5.20. The van der Waals surface area contributed by atoms with Crippen LogP contribution in [0.3, 0.4) is 0 Å². The van der Waals surface area contributed by atoms with Gasteiger partial charge in [-0.2, -0.15) is 0 Å². The first kappa shape index (κ1) is 15.1. The fourth-order valence-electron chi connectivity index (χ4n) is 2.21. The summed E-state index contributed by atoms with van der Waals surface area (Å²) in [6, 6.07) is 3.01. The summed E-state index contributed by atoms with van der Waals surface area (Å²) >= 11 is 6.00. The molecular weight excluding hydrogens is 316 g/mol. The van der Waals surface area contributed by atoms with Gasteiger partial charge in [0, 0.05) is 24.7 Å². The van der Waals surface area contributed by atoms with Gasteiger partial charge in [0.15, 0.2) is 0 Å². The molecule has 0 saturated heterocycles. The highest BCUT2D eigenvalue weighted by Gasteiger charge is 2.18. The van der Waals surface area contributed by atoms with Crippen LogP contribution < -0.4 is 15.9 Å². The van der Waals surface area contributed by atoms with Gasteiger partial charge in [0.2, 0.25) is 0 Å². The first-order valence-corrected chi connectivity index (χ1v) is 7.22. The predicted molar refractivity (Wildman–Crippen MR) is 89.1 cm³/mol. The molecule has 0 aliphatic carbocycles. The second-order valence-electron chi connectivity index (χ2n) is 4.88. The summed E-state index contributed by atoms with van der Waals surface area (Å²) in [6.07, 6.45) is 13.1. The largest absolute Gasteiger partial charge is 0.496 e. The Bertz CT molecular complexity index is 768. The van der Waals surface area contributed by atoms with E-state index in [-0.39, 0.29) is 5.91 Å². The van der Waals surface area contributed by atoms with Crippen LogP contribution in [0.25, 0.3) is 0 Å². The number of fused-ring (bicyclic) bond motifs is 1. The molecule has 2 aliphatic rings. The fraction of sp³-hybridized carbons (Fsp3) is 0.0625. The number of carbonyl (C=O) groups is 1. The van der Waals surface area contributed by atoms with Crippen LogP contribution in [-0.2, 0) is 0 Å². The lowest BCUT2D eigenvalue weighted by atomic mass is 10.1. The van der Waals surface area contributed by atoms with Crippen LogP contribution in [0.2, 0.25) is 5.02 Å². The Kier molecular flexibility index (Phi) is 3.99. The van der Waals surface area contributed by atoms with Crippen molar-refractivity contribution in [1.82, 2.24) is 15.3 Å². The second-order valence-corrected chi connectivity index (χ2v) is 5.29. The molecule has 0 saturated carbocycles. The Labute approximate surface area is 138 Å². The van der Waals surface area contributed by atoms with Crippen LogP contribution in [-0.4, -0.2) is 22.9 Å². The number of nitrogen functional groups attached to an aromatic ring is 1. The number of anilines is 1. The van der Waals surface area contributed by atoms with Crippen molar-refractivity contribution < 1.29 is 9.53 Å². The number of nitrogens with one attached hydrogen (secondary N) is 1. The minimum Gasteiger partial charge on any atom is -0.496 e. The molecule has 0 bridgehead atoms. The Morgan fingerprint density at radius 1 is 1.26 bits per heavy atom. The zero-order valence-electron chi connectivity index (χ0n) is 12.4. The van der Waals surface area contributed by atoms with Crippen LogP contribution >= 0.6 is 11.6 Å². The van der Waals surface area contributed by atoms with Crippen molar-refractivity contribution in [2.45, 2.75) is 0 Å². The highest BCUT2D eigenvalue weighted by Crippen LogP contribution is 2.29. The highest BCUT2D eigenvalue weighted by molar-refractivity contribution is 6.33. The third kappa shape index (κ3) is 3.02. The number of nitrogens with two attached hydrogens (primary N) is 1. The average Bonchev–Trinajstić information content (AvgIpc) is 2.56. The van der Waals surface area contributed by atoms with Crippen LogP contribution in [0.4, 0.5) is 5.69 Å². The smallest absolute Gasteiger partial charge is 0.273 e. The standard InChI is InChI=1S/C16H15ClN4O2/c1-23-15-9-14(18)13(17)8-12(15)16(22)19-21-7-6-20-5-3-2-4-11(20)10-21/h2-10H,18H2,1H3,(H,19,22). The highest BCUT2D eigenvalue weighted by atomic mass is 35.5. The van der Waals surface area contributed by atoms with Gasteiger partial charge in [-0.25, -0.2) is 0 Å². The van der Waals surface area contributed by atoms with Gasteiger partial charge in [0.05, 0.1) is 35.3 Å². The molecule has 0 radical (unpaired) electrons. The molecule has 0 atom stereocenters. The molecule has 1 aromatic rings. The van der Waals surface area contributed by atoms with Gasteiger partial charge in [-0.1, -0.05) is 17.7 Å². The summed E-state index contributed by atoms with van der Waals surface area (Å²) in [5.74, 6) is 0.00851. The number of ether oxygens (including phenoxy) is 1. The van der Waals surface area contributed by atoms with Crippen molar-refractivity contribution in [3.05, 3.63) is 71.4 Å². The topological polar surface area (TPSA) is 70.8 Å². The maximum atomic E-state index is 12.5. The molecule has 0 aromatic heterocycles. The third-order valence-electron chi connectivity index (χ3n) is 3.38. The van der Waals surface area contributed by atoms with Crippen LogP contribution in [0.5, 0.6) is 5.75 Å². The van der Waals surface area contributed by atoms with E-state index < -0.39 is 0 Å². The van der Waals surface area contributed by atoms with Gasteiger partial charge in [0.1, 0.15) is 5.75 Å². The number of halogens is 1. The van der Waals surface area contributed by atoms with E-state index in [4.69, 9.17) is 22.1 Å². The molecule has 0 fully saturated rings. The number of carbonyl (C=O) groups excluding carboxylic acids is 1. The molecule has 2 heterocycles.